The Morgan fingerprint density at radius 2 is 1.73 bits per heavy atom. The quantitative estimate of drug-likeness (QED) is 0.875. The molecular weight excluding hydrogens is 296 g/mol. The standard InChI is InChI=1S/C17H28N2O2S/c1-17(2,14-19(3)15-10-6-4-7-11-15)18-22(20,21)16-12-8-5-9-13-16/h5,8-9,12-13,15,18H,4,6-7,10-11,14H2,1-3H3. The zero-order valence-electron chi connectivity index (χ0n) is 13.9. The van der Waals surface area contributed by atoms with Crippen LogP contribution >= 0.6 is 0 Å². The Balaban J connectivity index is 2.00. The number of nitrogens with zero attached hydrogens (tertiary/aromatic N) is 1. The van der Waals surface area contributed by atoms with Crippen LogP contribution < -0.4 is 4.72 Å². The summed E-state index contributed by atoms with van der Waals surface area (Å²) in [4.78, 5) is 2.63. The summed E-state index contributed by atoms with van der Waals surface area (Å²) in [7, 11) is -1.37. The van der Waals surface area contributed by atoms with E-state index in [-0.39, 0.29) is 0 Å². The van der Waals surface area contributed by atoms with Gasteiger partial charge >= 0.3 is 0 Å². The fraction of sp³-hybridized carbons (Fsp3) is 0.647. The van der Waals surface area contributed by atoms with Gasteiger partial charge in [0.05, 0.1) is 4.90 Å². The van der Waals surface area contributed by atoms with Crippen LogP contribution in [0.5, 0.6) is 0 Å². The van der Waals surface area contributed by atoms with Crippen LogP contribution in [0.1, 0.15) is 46.0 Å². The second kappa shape index (κ2) is 7.11. The lowest BCUT2D eigenvalue weighted by Crippen LogP contribution is -2.52. The molecule has 0 atom stereocenters. The van der Waals surface area contributed by atoms with E-state index < -0.39 is 15.6 Å². The summed E-state index contributed by atoms with van der Waals surface area (Å²) < 4.78 is 27.8. The zero-order valence-corrected chi connectivity index (χ0v) is 14.7. The van der Waals surface area contributed by atoms with Crippen LogP contribution in [-0.2, 0) is 10.0 Å². The summed E-state index contributed by atoms with van der Waals surface area (Å²) in [6.45, 7) is 4.61. The molecule has 22 heavy (non-hydrogen) atoms. The van der Waals surface area contributed by atoms with Gasteiger partial charge < -0.3 is 4.90 Å². The fourth-order valence-electron chi connectivity index (χ4n) is 3.33. The Morgan fingerprint density at radius 3 is 2.32 bits per heavy atom. The minimum Gasteiger partial charge on any atom is -0.302 e. The second-order valence-corrected chi connectivity index (χ2v) is 8.69. The van der Waals surface area contributed by atoms with Gasteiger partial charge in [-0.15, -0.1) is 0 Å². The summed E-state index contributed by atoms with van der Waals surface area (Å²) in [6.07, 6.45) is 6.33. The number of likely N-dealkylation sites (N-methyl/N-ethyl adjacent to an activating group) is 1. The van der Waals surface area contributed by atoms with Gasteiger partial charge in [-0.2, -0.15) is 0 Å². The molecule has 1 aromatic carbocycles. The molecule has 5 heteroatoms. The molecule has 0 heterocycles. The van der Waals surface area contributed by atoms with Crippen molar-refractivity contribution in [1.82, 2.24) is 9.62 Å². The van der Waals surface area contributed by atoms with Crippen LogP contribution in [0.3, 0.4) is 0 Å². The molecule has 0 aliphatic heterocycles. The third-order valence-electron chi connectivity index (χ3n) is 4.31. The van der Waals surface area contributed by atoms with Crippen LogP contribution in [-0.4, -0.2) is 38.5 Å². The van der Waals surface area contributed by atoms with Crippen molar-refractivity contribution in [3.8, 4) is 0 Å². The van der Waals surface area contributed by atoms with Crippen LogP contribution in [0, 0.1) is 0 Å². The maximum Gasteiger partial charge on any atom is 0.241 e. The predicted octanol–water partition coefficient (Wildman–Crippen LogP) is 3.01. The van der Waals surface area contributed by atoms with Gasteiger partial charge in [0.25, 0.3) is 0 Å². The van der Waals surface area contributed by atoms with Crippen molar-refractivity contribution in [3.63, 3.8) is 0 Å². The smallest absolute Gasteiger partial charge is 0.241 e. The topological polar surface area (TPSA) is 49.4 Å². The molecule has 0 saturated heterocycles. The van der Waals surface area contributed by atoms with Gasteiger partial charge in [0.2, 0.25) is 10.0 Å². The Morgan fingerprint density at radius 1 is 1.14 bits per heavy atom. The summed E-state index contributed by atoms with van der Waals surface area (Å²) in [5.74, 6) is 0. The van der Waals surface area contributed by atoms with Gasteiger partial charge in [0.1, 0.15) is 0 Å². The highest BCUT2D eigenvalue weighted by Gasteiger charge is 2.29. The van der Waals surface area contributed by atoms with Gasteiger partial charge in [-0.25, -0.2) is 13.1 Å². The molecular formula is C17H28N2O2S. The molecule has 0 radical (unpaired) electrons. The summed E-state index contributed by atoms with van der Waals surface area (Å²) in [5.41, 5.74) is -0.499. The Kier molecular flexibility index (Phi) is 5.64. The average molecular weight is 324 g/mol. The Bertz CT molecular complexity index is 564. The van der Waals surface area contributed by atoms with Gasteiger partial charge in [-0.05, 0) is 45.9 Å². The minimum atomic E-state index is -3.47. The maximum atomic E-state index is 12.5. The van der Waals surface area contributed by atoms with E-state index >= 15 is 0 Å². The van der Waals surface area contributed by atoms with E-state index in [9.17, 15) is 8.42 Å². The van der Waals surface area contributed by atoms with Gasteiger partial charge in [0.15, 0.2) is 0 Å². The largest absolute Gasteiger partial charge is 0.302 e. The first-order chi connectivity index (χ1) is 10.3. The van der Waals surface area contributed by atoms with Gasteiger partial charge in [0, 0.05) is 18.1 Å². The average Bonchev–Trinajstić information content (AvgIpc) is 2.47. The first-order valence-corrected chi connectivity index (χ1v) is 9.58. The number of hydrogen-bond donors (Lipinski definition) is 1. The van der Waals surface area contributed by atoms with Crippen LogP contribution in [0.25, 0.3) is 0 Å². The van der Waals surface area contributed by atoms with E-state index in [2.05, 4.69) is 16.7 Å². The molecule has 1 aliphatic rings. The monoisotopic (exact) mass is 324 g/mol. The van der Waals surface area contributed by atoms with Gasteiger partial charge in [-0.1, -0.05) is 37.5 Å². The van der Waals surface area contributed by atoms with Crippen molar-refractivity contribution in [1.29, 1.82) is 0 Å². The van der Waals surface area contributed by atoms with E-state index in [1.165, 1.54) is 32.1 Å². The number of benzene rings is 1. The predicted molar refractivity (Wildman–Crippen MR) is 90.3 cm³/mol. The van der Waals surface area contributed by atoms with E-state index in [0.717, 1.165) is 0 Å². The molecule has 1 aromatic rings. The number of hydrogen-bond acceptors (Lipinski definition) is 3. The molecule has 1 N–H and O–H groups in total. The normalized spacial score (nSPS) is 17.8. The summed E-state index contributed by atoms with van der Waals surface area (Å²) in [5, 5.41) is 0. The molecule has 124 valence electrons. The SMILES string of the molecule is CN(CC(C)(C)NS(=O)(=O)c1ccccc1)C1CCCCC1. The van der Waals surface area contributed by atoms with Crippen molar-refractivity contribution < 1.29 is 8.42 Å². The number of rotatable bonds is 6. The van der Waals surface area contributed by atoms with Crippen molar-refractivity contribution in [3.05, 3.63) is 30.3 Å². The lowest BCUT2D eigenvalue weighted by molar-refractivity contribution is 0.158. The zero-order chi connectivity index (χ0) is 16.2. The molecule has 4 nitrogen and oxygen atoms in total. The lowest BCUT2D eigenvalue weighted by atomic mass is 9.93. The van der Waals surface area contributed by atoms with Crippen LogP contribution in [0.15, 0.2) is 35.2 Å². The van der Waals surface area contributed by atoms with Crippen LogP contribution in [0.4, 0.5) is 0 Å². The van der Waals surface area contributed by atoms with E-state index in [1.807, 2.05) is 19.9 Å². The highest BCUT2D eigenvalue weighted by Crippen LogP contribution is 2.23. The maximum absolute atomic E-state index is 12.5. The first-order valence-electron chi connectivity index (χ1n) is 8.09. The highest BCUT2D eigenvalue weighted by molar-refractivity contribution is 7.89. The molecule has 0 bridgehead atoms. The molecule has 2 rings (SSSR count). The molecule has 0 unspecified atom stereocenters. The molecule has 0 amide bonds. The van der Waals surface area contributed by atoms with Crippen molar-refractivity contribution in [2.24, 2.45) is 0 Å². The van der Waals surface area contributed by atoms with Crippen molar-refractivity contribution in [2.75, 3.05) is 13.6 Å². The second-order valence-electron chi connectivity index (χ2n) is 7.01. The minimum absolute atomic E-state index is 0.323. The number of sulfonamides is 1. The molecule has 1 saturated carbocycles. The Labute approximate surface area is 135 Å². The highest BCUT2D eigenvalue weighted by atomic mass is 32.2. The van der Waals surface area contributed by atoms with E-state index in [0.29, 0.717) is 17.5 Å². The third-order valence-corrected chi connectivity index (χ3v) is 6.02. The van der Waals surface area contributed by atoms with E-state index in [4.69, 9.17) is 0 Å². The summed E-state index contributed by atoms with van der Waals surface area (Å²) >= 11 is 0. The van der Waals surface area contributed by atoms with E-state index in [1.54, 1.807) is 24.3 Å². The molecule has 0 spiro atoms. The number of nitrogens with one attached hydrogen (secondary N) is 1. The first kappa shape index (κ1) is 17.4. The van der Waals surface area contributed by atoms with Crippen molar-refractivity contribution in [2.45, 2.75) is 62.4 Å². The fourth-order valence-corrected chi connectivity index (χ4v) is 4.75. The Hall–Kier alpha value is -0.910. The lowest BCUT2D eigenvalue weighted by Gasteiger charge is -2.37. The molecule has 0 aromatic heterocycles. The van der Waals surface area contributed by atoms with Crippen molar-refractivity contribution >= 4 is 10.0 Å². The summed E-state index contributed by atoms with van der Waals surface area (Å²) in [6, 6.07) is 9.15. The van der Waals surface area contributed by atoms with Gasteiger partial charge in [-0.3, -0.25) is 0 Å². The third kappa shape index (κ3) is 4.80. The van der Waals surface area contributed by atoms with Crippen LogP contribution in [0.2, 0.25) is 0 Å². The molecule has 1 fully saturated rings. The molecule has 1 aliphatic carbocycles.